The number of ether oxygens (including phenoxy) is 1. The predicted molar refractivity (Wildman–Crippen MR) is 131 cm³/mol. The summed E-state index contributed by atoms with van der Waals surface area (Å²) >= 11 is 0. The summed E-state index contributed by atoms with van der Waals surface area (Å²) in [6, 6.07) is 10.2. The molecule has 8 heteroatoms. The minimum absolute atomic E-state index is 0.0194. The van der Waals surface area contributed by atoms with Crippen molar-refractivity contribution in [1.82, 2.24) is 24.7 Å². The Bertz CT molecular complexity index is 1200. The molecule has 5 rings (SSSR count). The molecule has 34 heavy (non-hydrogen) atoms. The van der Waals surface area contributed by atoms with Crippen LogP contribution in [0.25, 0.3) is 10.9 Å². The van der Waals surface area contributed by atoms with Crippen molar-refractivity contribution < 1.29 is 14.6 Å². The lowest BCUT2D eigenvalue weighted by molar-refractivity contribution is 0.00821. The van der Waals surface area contributed by atoms with Crippen LogP contribution in [0.15, 0.2) is 42.7 Å². The van der Waals surface area contributed by atoms with Crippen molar-refractivity contribution in [2.75, 3.05) is 33.4 Å². The minimum atomic E-state index is -0.198. The topological polar surface area (TPSA) is 82.9 Å². The van der Waals surface area contributed by atoms with Crippen LogP contribution in [0, 0.1) is 0 Å². The van der Waals surface area contributed by atoms with Crippen LogP contribution in [0.1, 0.15) is 36.7 Å². The summed E-state index contributed by atoms with van der Waals surface area (Å²) in [7, 11) is 3.74. The summed E-state index contributed by atoms with van der Waals surface area (Å²) in [5.74, 6) is 0.806. The van der Waals surface area contributed by atoms with E-state index in [2.05, 4.69) is 38.9 Å². The summed E-state index contributed by atoms with van der Waals surface area (Å²) in [5, 5.41) is 14.8. The number of methoxy groups -OCH3 is 1. The van der Waals surface area contributed by atoms with Gasteiger partial charge in [0.1, 0.15) is 5.75 Å². The van der Waals surface area contributed by atoms with Crippen molar-refractivity contribution >= 4 is 16.9 Å². The van der Waals surface area contributed by atoms with Crippen molar-refractivity contribution in [3.63, 3.8) is 0 Å². The van der Waals surface area contributed by atoms with Gasteiger partial charge in [0, 0.05) is 74.2 Å². The molecule has 1 fully saturated rings. The molecular weight excluding hydrogens is 430 g/mol. The smallest absolute Gasteiger partial charge is 0.317 e. The lowest BCUT2D eigenvalue weighted by Crippen LogP contribution is -2.69. The maximum absolute atomic E-state index is 12.8. The molecule has 0 saturated carbocycles. The highest BCUT2D eigenvalue weighted by atomic mass is 16.5. The Labute approximate surface area is 200 Å². The fourth-order valence-corrected chi connectivity index (χ4v) is 5.78. The molecule has 180 valence electrons. The Hall–Kier alpha value is -3.10. The molecule has 1 aromatic carbocycles. The lowest BCUT2D eigenvalue weighted by Gasteiger charge is -2.56. The number of nitrogens with one attached hydrogen (secondary N) is 1. The molecule has 0 aliphatic carbocycles. The number of pyridine rings is 1. The number of fused-ring (bicyclic) bond motifs is 4. The molecule has 0 radical (unpaired) electrons. The predicted octanol–water partition coefficient (Wildman–Crippen LogP) is 2.80. The molecule has 4 heterocycles. The number of aliphatic hydroxyl groups is 1. The number of aryl methyl sites for hydroxylation is 1. The largest absolute Gasteiger partial charge is 0.497 e. The van der Waals surface area contributed by atoms with E-state index in [-0.39, 0.29) is 30.1 Å². The molecular formula is C26H33N5O3. The number of amides is 2. The van der Waals surface area contributed by atoms with Crippen LogP contribution in [-0.2, 0) is 19.0 Å². The molecule has 2 N–H and O–H groups in total. The Morgan fingerprint density at radius 2 is 1.97 bits per heavy atom. The van der Waals surface area contributed by atoms with Gasteiger partial charge >= 0.3 is 6.03 Å². The van der Waals surface area contributed by atoms with Gasteiger partial charge in [-0.3, -0.25) is 9.88 Å². The van der Waals surface area contributed by atoms with Crippen LogP contribution in [0.4, 0.5) is 4.79 Å². The fourth-order valence-electron chi connectivity index (χ4n) is 5.78. The highest BCUT2D eigenvalue weighted by molar-refractivity contribution is 5.89. The third kappa shape index (κ3) is 3.61. The first-order chi connectivity index (χ1) is 16.4. The number of benzene rings is 1. The van der Waals surface area contributed by atoms with Crippen LogP contribution in [-0.4, -0.2) is 69.9 Å². The number of carbonyl (C=O) groups is 1. The van der Waals surface area contributed by atoms with Gasteiger partial charge in [-0.05, 0) is 49.2 Å². The molecule has 1 saturated heterocycles. The molecule has 2 aromatic heterocycles. The summed E-state index contributed by atoms with van der Waals surface area (Å²) in [4.78, 5) is 21.1. The van der Waals surface area contributed by atoms with Crippen LogP contribution in [0.5, 0.6) is 5.75 Å². The first kappa shape index (κ1) is 22.7. The van der Waals surface area contributed by atoms with Gasteiger partial charge < -0.3 is 24.6 Å². The normalized spacial score (nSPS) is 19.4. The van der Waals surface area contributed by atoms with Gasteiger partial charge in [-0.1, -0.05) is 0 Å². The van der Waals surface area contributed by atoms with Crippen LogP contribution < -0.4 is 10.1 Å². The van der Waals surface area contributed by atoms with E-state index in [1.807, 2.05) is 36.9 Å². The van der Waals surface area contributed by atoms with Gasteiger partial charge in [-0.15, -0.1) is 0 Å². The zero-order chi connectivity index (χ0) is 24.0. The van der Waals surface area contributed by atoms with E-state index in [9.17, 15) is 9.90 Å². The van der Waals surface area contributed by atoms with Crippen LogP contribution >= 0.6 is 0 Å². The molecule has 3 aromatic rings. The Morgan fingerprint density at radius 1 is 1.24 bits per heavy atom. The number of nitrogens with zero attached hydrogens (tertiary/aromatic N) is 4. The van der Waals surface area contributed by atoms with Crippen molar-refractivity contribution in [3.8, 4) is 5.75 Å². The van der Waals surface area contributed by atoms with Crippen LogP contribution in [0.3, 0.4) is 0 Å². The van der Waals surface area contributed by atoms with E-state index in [4.69, 9.17) is 4.74 Å². The minimum Gasteiger partial charge on any atom is -0.497 e. The number of aromatic nitrogens is 2. The fraction of sp³-hybridized carbons (Fsp3) is 0.462. The SMILES string of the molecule is COc1ccc2c3c(n(C)c2c1)[C@@H](CO)N(Cc1ccncc1)CC31CN(C(=O)NC(C)C)C1. The van der Waals surface area contributed by atoms with Crippen molar-refractivity contribution in [3.05, 3.63) is 59.5 Å². The van der Waals surface area contributed by atoms with E-state index in [0.717, 1.165) is 29.1 Å². The van der Waals surface area contributed by atoms with E-state index in [1.54, 1.807) is 19.5 Å². The Kier molecular flexibility index (Phi) is 5.73. The number of hydrogen-bond acceptors (Lipinski definition) is 5. The second kappa shape index (κ2) is 8.60. The van der Waals surface area contributed by atoms with Crippen molar-refractivity contribution in [2.45, 2.75) is 37.9 Å². The van der Waals surface area contributed by atoms with Gasteiger partial charge in [-0.25, -0.2) is 4.79 Å². The zero-order valence-corrected chi connectivity index (χ0v) is 20.3. The van der Waals surface area contributed by atoms with Crippen molar-refractivity contribution in [1.29, 1.82) is 0 Å². The standard InChI is InChI=1S/C26H33N5O3/c1-17(2)28-25(33)31-15-26(16-31)14-30(12-18-7-9-27-10-8-18)22(13-32)24-23(26)20-6-5-19(34-4)11-21(20)29(24)3/h5-11,17,22,32H,12-16H2,1-4H3,(H,28,33)/t22-/m1/s1. The average molecular weight is 464 g/mol. The molecule has 2 aliphatic heterocycles. The first-order valence-corrected chi connectivity index (χ1v) is 11.8. The third-order valence-electron chi connectivity index (χ3n) is 7.24. The van der Waals surface area contributed by atoms with E-state index in [1.165, 1.54) is 10.9 Å². The number of rotatable bonds is 5. The number of likely N-dealkylation sites (tertiary alicyclic amines) is 1. The Morgan fingerprint density at radius 3 is 2.62 bits per heavy atom. The van der Waals surface area contributed by atoms with E-state index in [0.29, 0.717) is 19.6 Å². The van der Waals surface area contributed by atoms with Gasteiger partial charge in [0.25, 0.3) is 0 Å². The van der Waals surface area contributed by atoms with Crippen molar-refractivity contribution in [2.24, 2.45) is 7.05 Å². The number of aliphatic hydroxyl groups excluding tert-OH is 1. The lowest BCUT2D eigenvalue weighted by atomic mass is 9.68. The van der Waals surface area contributed by atoms with Crippen LogP contribution in [0.2, 0.25) is 0 Å². The molecule has 2 aliphatic rings. The van der Waals surface area contributed by atoms with Gasteiger partial charge in [0.05, 0.1) is 25.3 Å². The van der Waals surface area contributed by atoms with E-state index >= 15 is 0 Å². The number of hydrogen-bond donors (Lipinski definition) is 2. The molecule has 1 atom stereocenters. The maximum Gasteiger partial charge on any atom is 0.317 e. The maximum atomic E-state index is 12.8. The quantitative estimate of drug-likeness (QED) is 0.608. The van der Waals surface area contributed by atoms with Gasteiger partial charge in [-0.2, -0.15) is 0 Å². The molecule has 0 bridgehead atoms. The second-order valence-electron chi connectivity index (χ2n) is 9.90. The summed E-state index contributed by atoms with van der Waals surface area (Å²) < 4.78 is 7.70. The Balaban J connectivity index is 1.60. The third-order valence-corrected chi connectivity index (χ3v) is 7.24. The first-order valence-electron chi connectivity index (χ1n) is 11.8. The molecule has 0 unspecified atom stereocenters. The molecule has 2 amide bonds. The average Bonchev–Trinajstić information content (AvgIpc) is 3.09. The summed E-state index contributed by atoms with van der Waals surface area (Å²) in [6.07, 6.45) is 3.61. The van der Waals surface area contributed by atoms with E-state index < -0.39 is 0 Å². The monoisotopic (exact) mass is 463 g/mol. The number of carbonyl (C=O) groups excluding carboxylic acids is 1. The summed E-state index contributed by atoms with van der Waals surface area (Å²) in [6.45, 7) is 6.75. The number of urea groups is 1. The molecule has 8 nitrogen and oxygen atoms in total. The highest BCUT2D eigenvalue weighted by Crippen LogP contribution is 2.49. The van der Waals surface area contributed by atoms with Gasteiger partial charge in [0.15, 0.2) is 0 Å². The summed E-state index contributed by atoms with van der Waals surface area (Å²) in [5.41, 5.74) is 4.41. The highest BCUT2D eigenvalue weighted by Gasteiger charge is 2.54. The second-order valence-corrected chi connectivity index (χ2v) is 9.90. The van der Waals surface area contributed by atoms with Gasteiger partial charge in [0.2, 0.25) is 0 Å². The molecule has 1 spiro atoms. The zero-order valence-electron chi connectivity index (χ0n) is 20.3.